The smallest absolute Gasteiger partial charge is 0.255 e. The van der Waals surface area contributed by atoms with E-state index >= 15 is 0 Å². The Morgan fingerprint density at radius 3 is 2.43 bits per heavy atom. The molecule has 0 spiro atoms. The molecule has 148 valence electrons. The van der Waals surface area contributed by atoms with Gasteiger partial charge in [0.15, 0.2) is 0 Å². The third kappa shape index (κ3) is 4.98. The molecule has 2 N–H and O–H groups in total. The lowest BCUT2D eigenvalue weighted by Crippen LogP contribution is -2.39. The van der Waals surface area contributed by atoms with Crippen molar-refractivity contribution in [3.63, 3.8) is 0 Å². The molecule has 0 bridgehead atoms. The van der Waals surface area contributed by atoms with E-state index in [1.54, 1.807) is 12.1 Å². The van der Waals surface area contributed by atoms with Gasteiger partial charge in [-0.3, -0.25) is 9.59 Å². The van der Waals surface area contributed by atoms with E-state index in [1.165, 1.54) is 0 Å². The fourth-order valence-corrected chi connectivity index (χ4v) is 3.43. The number of benzene rings is 2. The van der Waals surface area contributed by atoms with Crippen LogP contribution >= 0.6 is 0 Å². The molecule has 1 atom stereocenters. The molecule has 28 heavy (non-hydrogen) atoms. The number of aryl methyl sites for hydroxylation is 2. The van der Waals surface area contributed by atoms with Gasteiger partial charge in [0, 0.05) is 29.5 Å². The number of nitrogens with one attached hydrogen (secondary N) is 2. The topological polar surface area (TPSA) is 67.4 Å². The highest BCUT2D eigenvalue weighted by Crippen LogP contribution is 2.30. The van der Waals surface area contributed by atoms with Crippen LogP contribution in [0.15, 0.2) is 42.5 Å². The summed E-state index contributed by atoms with van der Waals surface area (Å²) in [7, 11) is 0. The van der Waals surface area contributed by atoms with E-state index in [9.17, 15) is 9.59 Å². The first-order chi connectivity index (χ1) is 13.2. The van der Waals surface area contributed by atoms with E-state index in [1.807, 2.05) is 58.0 Å². The summed E-state index contributed by atoms with van der Waals surface area (Å²) in [6.45, 7) is 8.53. The Kier molecular flexibility index (Phi) is 5.84. The first kappa shape index (κ1) is 20.1. The van der Waals surface area contributed by atoms with Crippen molar-refractivity contribution in [2.24, 2.45) is 5.92 Å². The highest BCUT2D eigenvalue weighted by atomic mass is 16.5. The molecular weight excluding hydrogens is 352 g/mol. The second kappa shape index (κ2) is 8.15. The maximum absolute atomic E-state index is 12.7. The Bertz CT molecular complexity index is 872. The minimum Gasteiger partial charge on any atom is -0.376 e. The molecule has 0 aliphatic carbocycles. The third-order valence-electron chi connectivity index (χ3n) is 5.13. The fraction of sp³-hybridized carbons (Fsp3) is 0.391. The van der Waals surface area contributed by atoms with Crippen molar-refractivity contribution in [1.29, 1.82) is 0 Å². The minimum absolute atomic E-state index is 0.00367. The molecule has 1 aliphatic heterocycles. The second-order valence-corrected chi connectivity index (χ2v) is 8.14. The summed E-state index contributed by atoms with van der Waals surface area (Å²) in [5.41, 5.74) is 3.74. The first-order valence-corrected chi connectivity index (χ1v) is 9.67. The summed E-state index contributed by atoms with van der Waals surface area (Å²) in [6, 6.07) is 13.0. The molecule has 2 aromatic rings. The van der Waals surface area contributed by atoms with E-state index in [-0.39, 0.29) is 23.3 Å². The van der Waals surface area contributed by atoms with Crippen molar-refractivity contribution < 1.29 is 14.3 Å². The Hall–Kier alpha value is -2.66. The maximum atomic E-state index is 12.7. The van der Waals surface area contributed by atoms with Gasteiger partial charge in [-0.2, -0.15) is 0 Å². The van der Waals surface area contributed by atoms with Crippen LogP contribution in [0.2, 0.25) is 0 Å². The van der Waals surface area contributed by atoms with Gasteiger partial charge in [0.05, 0.1) is 5.60 Å². The van der Waals surface area contributed by atoms with Gasteiger partial charge in [-0.25, -0.2) is 0 Å². The lowest BCUT2D eigenvalue weighted by molar-refractivity contribution is -0.130. The molecule has 3 rings (SSSR count). The molecule has 2 aromatic carbocycles. The van der Waals surface area contributed by atoms with Crippen LogP contribution < -0.4 is 10.6 Å². The van der Waals surface area contributed by atoms with E-state index in [4.69, 9.17) is 4.74 Å². The van der Waals surface area contributed by atoms with E-state index in [0.29, 0.717) is 30.0 Å². The Balaban J connectivity index is 1.69. The van der Waals surface area contributed by atoms with Crippen LogP contribution in [0.25, 0.3) is 0 Å². The van der Waals surface area contributed by atoms with Gasteiger partial charge in [0.2, 0.25) is 5.91 Å². The van der Waals surface area contributed by atoms with Crippen LogP contribution in [-0.4, -0.2) is 24.0 Å². The largest absolute Gasteiger partial charge is 0.376 e. The van der Waals surface area contributed by atoms with Gasteiger partial charge in [0.25, 0.3) is 5.91 Å². The van der Waals surface area contributed by atoms with Crippen LogP contribution in [-0.2, 0) is 9.53 Å². The molecule has 1 saturated heterocycles. The molecule has 0 aromatic heterocycles. The summed E-state index contributed by atoms with van der Waals surface area (Å²) >= 11 is 0. The summed E-state index contributed by atoms with van der Waals surface area (Å²) in [4.78, 5) is 25.2. The standard InChI is InChI=1S/C23H28N2O3/c1-15-5-8-17(9-6-15)21(26)25-20-13-19(10-7-16(20)2)24-22(27)18-11-12-28-23(3,4)14-18/h5-10,13,18H,11-12,14H2,1-4H3,(H,24,27)(H,25,26). The number of carbonyl (C=O) groups excluding carboxylic acids is 2. The Morgan fingerprint density at radius 1 is 1.04 bits per heavy atom. The van der Waals surface area contributed by atoms with Crippen LogP contribution in [0, 0.1) is 19.8 Å². The lowest BCUT2D eigenvalue weighted by Gasteiger charge is -2.34. The minimum atomic E-state index is -0.277. The highest BCUT2D eigenvalue weighted by Gasteiger charge is 2.32. The maximum Gasteiger partial charge on any atom is 0.255 e. The molecule has 1 unspecified atom stereocenters. The molecule has 0 radical (unpaired) electrons. The molecule has 1 fully saturated rings. The zero-order valence-electron chi connectivity index (χ0n) is 17.0. The van der Waals surface area contributed by atoms with Crippen LogP contribution in [0.3, 0.4) is 0 Å². The van der Waals surface area contributed by atoms with Crippen LogP contribution in [0.4, 0.5) is 11.4 Å². The normalized spacial score (nSPS) is 18.4. The van der Waals surface area contributed by atoms with Gasteiger partial charge in [-0.1, -0.05) is 23.8 Å². The van der Waals surface area contributed by atoms with Crippen molar-refractivity contribution in [3.8, 4) is 0 Å². The quantitative estimate of drug-likeness (QED) is 0.808. The van der Waals surface area contributed by atoms with Gasteiger partial charge >= 0.3 is 0 Å². The SMILES string of the molecule is Cc1ccc(C(=O)Nc2cc(NC(=O)C3CCOC(C)(C)C3)ccc2C)cc1. The molecule has 1 aliphatic rings. The van der Waals surface area contributed by atoms with Gasteiger partial charge in [-0.05, 0) is 70.4 Å². The molecule has 2 amide bonds. The van der Waals surface area contributed by atoms with Gasteiger partial charge in [-0.15, -0.1) is 0 Å². The van der Waals surface area contributed by atoms with E-state index < -0.39 is 0 Å². The number of ether oxygens (including phenoxy) is 1. The highest BCUT2D eigenvalue weighted by molar-refractivity contribution is 6.05. The number of amides is 2. The lowest BCUT2D eigenvalue weighted by atomic mass is 9.88. The van der Waals surface area contributed by atoms with Crippen molar-refractivity contribution in [1.82, 2.24) is 0 Å². The molecule has 1 heterocycles. The van der Waals surface area contributed by atoms with Crippen LogP contribution in [0.5, 0.6) is 0 Å². The summed E-state index contributed by atoms with van der Waals surface area (Å²) in [5.74, 6) is -0.246. The van der Waals surface area contributed by atoms with Crippen molar-refractivity contribution in [2.45, 2.75) is 46.1 Å². The van der Waals surface area contributed by atoms with Crippen molar-refractivity contribution >= 4 is 23.2 Å². The second-order valence-electron chi connectivity index (χ2n) is 8.14. The van der Waals surface area contributed by atoms with Crippen LogP contribution in [0.1, 0.15) is 48.2 Å². The Labute approximate surface area is 166 Å². The summed E-state index contributed by atoms with van der Waals surface area (Å²) in [6.07, 6.45) is 1.42. The van der Waals surface area contributed by atoms with Crippen molar-refractivity contribution in [3.05, 3.63) is 59.2 Å². The molecule has 0 saturated carbocycles. The Morgan fingerprint density at radius 2 is 1.75 bits per heavy atom. The average Bonchev–Trinajstić information content (AvgIpc) is 2.64. The number of anilines is 2. The van der Waals surface area contributed by atoms with E-state index in [2.05, 4.69) is 10.6 Å². The zero-order valence-corrected chi connectivity index (χ0v) is 17.0. The van der Waals surface area contributed by atoms with Gasteiger partial charge < -0.3 is 15.4 Å². The average molecular weight is 380 g/mol. The zero-order chi connectivity index (χ0) is 20.3. The van der Waals surface area contributed by atoms with E-state index in [0.717, 1.165) is 17.5 Å². The summed E-state index contributed by atoms with van der Waals surface area (Å²) in [5, 5.41) is 5.93. The monoisotopic (exact) mass is 380 g/mol. The van der Waals surface area contributed by atoms with Gasteiger partial charge in [0.1, 0.15) is 0 Å². The number of hydrogen-bond donors (Lipinski definition) is 2. The molecule has 5 heteroatoms. The number of carbonyl (C=O) groups is 2. The molecule has 5 nitrogen and oxygen atoms in total. The predicted molar refractivity (Wildman–Crippen MR) is 112 cm³/mol. The first-order valence-electron chi connectivity index (χ1n) is 9.67. The number of hydrogen-bond acceptors (Lipinski definition) is 3. The number of rotatable bonds is 4. The third-order valence-corrected chi connectivity index (χ3v) is 5.13. The fourth-order valence-electron chi connectivity index (χ4n) is 3.43. The predicted octanol–water partition coefficient (Wildman–Crippen LogP) is 4.70. The summed E-state index contributed by atoms with van der Waals surface area (Å²) < 4.78 is 5.70. The molecular formula is C23H28N2O3. The van der Waals surface area contributed by atoms with Crippen molar-refractivity contribution in [2.75, 3.05) is 17.2 Å².